The van der Waals surface area contributed by atoms with E-state index < -0.39 is 42.0 Å². The van der Waals surface area contributed by atoms with Crippen molar-refractivity contribution in [2.75, 3.05) is 13.1 Å². The normalized spacial score (nSPS) is 15.4. The fraction of sp³-hybridized carbons (Fsp3) is 0.400. The number of alkyl halides is 3. The monoisotopic (exact) mass is 595 g/mol. The summed E-state index contributed by atoms with van der Waals surface area (Å²) < 4.78 is 44.4. The van der Waals surface area contributed by atoms with Crippen LogP contribution < -0.4 is 5.73 Å². The van der Waals surface area contributed by atoms with E-state index in [0.29, 0.717) is 33.6 Å². The van der Waals surface area contributed by atoms with Gasteiger partial charge in [0, 0.05) is 42.0 Å². The highest BCUT2D eigenvalue weighted by Gasteiger charge is 2.46. The van der Waals surface area contributed by atoms with Crippen molar-refractivity contribution in [1.29, 1.82) is 5.26 Å². The number of ether oxygens (including phenoxy) is 1. The van der Waals surface area contributed by atoms with Crippen LogP contribution in [0.3, 0.4) is 0 Å². The van der Waals surface area contributed by atoms with Gasteiger partial charge in [0.1, 0.15) is 16.9 Å². The summed E-state index contributed by atoms with van der Waals surface area (Å²) >= 11 is 0. The number of amides is 1. The van der Waals surface area contributed by atoms with E-state index in [2.05, 4.69) is 21.1 Å². The fourth-order valence-corrected chi connectivity index (χ4v) is 4.59. The number of aliphatic imine (C=N–C) groups is 1. The number of rotatable bonds is 9. The van der Waals surface area contributed by atoms with E-state index in [0.717, 1.165) is 0 Å². The predicted octanol–water partition coefficient (Wildman–Crippen LogP) is 5.12. The molecule has 0 atom stereocenters. The Bertz CT molecular complexity index is 1610. The number of benzene rings is 1. The zero-order chi connectivity index (χ0) is 31.4. The Kier molecular flexibility index (Phi) is 8.89. The summed E-state index contributed by atoms with van der Waals surface area (Å²) in [6.45, 7) is 5.81. The standard InChI is InChI=1S/C30H32F3N7O3/c1-28(2,3)43-27(42)39-18-29(19-39,9-10-34)37-15-23(14-35)22-13-26-36-17-25(40(26)38-16-22)21-6-4-5-20(11-21)12-24(41)7-8-30(31,32)33/h4-6,11,13-17H,7-9,12,18-19,35H2,1-3H3. The van der Waals surface area contributed by atoms with E-state index in [9.17, 15) is 28.0 Å². The number of hydrogen-bond donors (Lipinski definition) is 1. The van der Waals surface area contributed by atoms with Gasteiger partial charge in [-0.15, -0.1) is 0 Å². The van der Waals surface area contributed by atoms with Crippen LogP contribution in [0.1, 0.15) is 51.2 Å². The topological polar surface area (TPSA) is 139 Å². The van der Waals surface area contributed by atoms with Crippen molar-refractivity contribution in [2.45, 2.75) is 63.8 Å². The molecular weight excluding hydrogens is 563 g/mol. The Balaban J connectivity index is 1.49. The molecule has 43 heavy (non-hydrogen) atoms. The molecule has 0 aliphatic carbocycles. The molecule has 1 saturated heterocycles. The zero-order valence-corrected chi connectivity index (χ0v) is 24.1. The Labute approximate surface area is 246 Å². The van der Waals surface area contributed by atoms with Gasteiger partial charge in [-0.05, 0) is 38.5 Å². The first-order chi connectivity index (χ1) is 20.2. The third kappa shape index (κ3) is 7.97. The molecule has 3 aromatic rings. The summed E-state index contributed by atoms with van der Waals surface area (Å²) in [5.41, 5.74) is 8.06. The number of allylic oxidation sites excluding steroid dienone is 1. The van der Waals surface area contributed by atoms with E-state index in [4.69, 9.17) is 10.5 Å². The second-order valence-electron chi connectivity index (χ2n) is 11.5. The smallest absolute Gasteiger partial charge is 0.410 e. The van der Waals surface area contributed by atoms with Crippen molar-refractivity contribution >= 4 is 29.3 Å². The molecule has 0 bridgehead atoms. The molecule has 0 spiro atoms. The number of Topliss-reactive ketones (excluding diaryl/α,β-unsaturated/α-hetero) is 1. The highest BCUT2D eigenvalue weighted by Crippen LogP contribution is 2.31. The zero-order valence-electron chi connectivity index (χ0n) is 24.1. The van der Waals surface area contributed by atoms with Gasteiger partial charge in [0.15, 0.2) is 5.65 Å². The van der Waals surface area contributed by atoms with Gasteiger partial charge in [-0.3, -0.25) is 9.79 Å². The minimum absolute atomic E-state index is 0.106. The molecule has 4 rings (SSSR count). The highest BCUT2D eigenvalue weighted by atomic mass is 19.4. The Hall–Kier alpha value is -4.73. The van der Waals surface area contributed by atoms with Crippen LogP contribution in [0.2, 0.25) is 0 Å². The number of carbonyl (C=O) groups is 2. The van der Waals surface area contributed by atoms with Crippen molar-refractivity contribution in [3.8, 4) is 17.3 Å². The minimum Gasteiger partial charge on any atom is -0.444 e. The Morgan fingerprint density at radius 1 is 1.21 bits per heavy atom. The van der Waals surface area contributed by atoms with Crippen LogP contribution in [-0.2, 0) is 16.0 Å². The second-order valence-corrected chi connectivity index (χ2v) is 11.5. The van der Waals surface area contributed by atoms with Crippen molar-refractivity contribution in [1.82, 2.24) is 19.5 Å². The van der Waals surface area contributed by atoms with Crippen molar-refractivity contribution < 1.29 is 27.5 Å². The number of aromatic nitrogens is 3. The number of ketones is 1. The van der Waals surface area contributed by atoms with Gasteiger partial charge < -0.3 is 15.4 Å². The molecule has 0 radical (unpaired) electrons. The van der Waals surface area contributed by atoms with E-state index in [1.165, 1.54) is 11.1 Å². The largest absolute Gasteiger partial charge is 0.444 e. The van der Waals surface area contributed by atoms with Gasteiger partial charge in [0.2, 0.25) is 0 Å². The number of carbonyl (C=O) groups excluding carboxylic acids is 2. The van der Waals surface area contributed by atoms with Crippen LogP contribution in [0.25, 0.3) is 22.5 Å². The van der Waals surface area contributed by atoms with Crippen molar-refractivity contribution in [3.63, 3.8) is 0 Å². The molecule has 1 aliphatic rings. The first-order valence-corrected chi connectivity index (χ1v) is 13.5. The van der Waals surface area contributed by atoms with Crippen LogP contribution in [-0.4, -0.2) is 68.0 Å². The molecule has 2 N–H and O–H groups in total. The summed E-state index contributed by atoms with van der Waals surface area (Å²) in [6, 6.07) is 10.8. The van der Waals surface area contributed by atoms with Crippen LogP contribution in [0.4, 0.5) is 18.0 Å². The molecule has 226 valence electrons. The first-order valence-electron chi connectivity index (χ1n) is 13.5. The van der Waals surface area contributed by atoms with Crippen LogP contribution in [0.15, 0.2) is 53.9 Å². The number of fused-ring (bicyclic) bond motifs is 1. The molecule has 13 heteroatoms. The van der Waals surface area contributed by atoms with Gasteiger partial charge >= 0.3 is 12.3 Å². The highest BCUT2D eigenvalue weighted by molar-refractivity contribution is 6.10. The maximum Gasteiger partial charge on any atom is 0.410 e. The van der Waals surface area contributed by atoms with E-state index in [1.54, 1.807) is 74.2 Å². The summed E-state index contributed by atoms with van der Waals surface area (Å²) in [6.07, 6.45) is -0.427. The third-order valence-corrected chi connectivity index (χ3v) is 6.69. The number of halogens is 3. The lowest BCUT2D eigenvalue weighted by atomic mass is 9.87. The lowest BCUT2D eigenvalue weighted by molar-refractivity contribution is -0.143. The van der Waals surface area contributed by atoms with E-state index in [1.807, 2.05) is 0 Å². The van der Waals surface area contributed by atoms with Gasteiger partial charge in [0.25, 0.3) is 0 Å². The average Bonchev–Trinajstić information content (AvgIpc) is 3.32. The molecule has 1 amide bonds. The van der Waals surface area contributed by atoms with Crippen LogP contribution in [0, 0.1) is 11.3 Å². The van der Waals surface area contributed by atoms with Gasteiger partial charge in [-0.2, -0.15) is 23.5 Å². The summed E-state index contributed by atoms with van der Waals surface area (Å²) in [7, 11) is 0. The average molecular weight is 596 g/mol. The minimum atomic E-state index is -4.37. The van der Waals surface area contributed by atoms with Crippen molar-refractivity contribution in [2.24, 2.45) is 10.7 Å². The number of imidazole rings is 1. The SMILES string of the molecule is CC(C)(C)OC(=O)N1CC(CC#N)(N=CC(=CN)c2cnn3c(-c4cccc(CC(=O)CCC(F)(F)F)c4)cnc3c2)C1. The maximum absolute atomic E-state index is 12.5. The molecule has 1 aromatic carbocycles. The van der Waals surface area contributed by atoms with Crippen molar-refractivity contribution in [3.05, 3.63) is 60.1 Å². The van der Waals surface area contributed by atoms with Gasteiger partial charge in [0.05, 0.1) is 50.1 Å². The molecule has 3 heterocycles. The summed E-state index contributed by atoms with van der Waals surface area (Å²) in [4.78, 5) is 35.0. The number of nitriles is 1. The lowest BCUT2D eigenvalue weighted by Crippen LogP contribution is -2.63. The predicted molar refractivity (Wildman–Crippen MR) is 154 cm³/mol. The Morgan fingerprint density at radius 3 is 2.60 bits per heavy atom. The number of nitrogens with zero attached hydrogens (tertiary/aromatic N) is 6. The summed E-state index contributed by atoms with van der Waals surface area (Å²) in [5.74, 6) is -0.492. The molecule has 2 aromatic heterocycles. The van der Waals surface area contributed by atoms with Crippen LogP contribution >= 0.6 is 0 Å². The molecule has 0 unspecified atom stereocenters. The fourth-order valence-electron chi connectivity index (χ4n) is 4.59. The maximum atomic E-state index is 12.5. The van der Waals surface area contributed by atoms with Crippen LogP contribution in [0.5, 0.6) is 0 Å². The van der Waals surface area contributed by atoms with Gasteiger partial charge in [-0.1, -0.05) is 18.2 Å². The summed E-state index contributed by atoms with van der Waals surface area (Å²) in [5, 5.41) is 13.9. The molecule has 1 fully saturated rings. The van der Waals surface area contributed by atoms with E-state index >= 15 is 0 Å². The molecule has 10 nitrogen and oxygen atoms in total. The second kappa shape index (κ2) is 12.2. The number of nitrogens with two attached hydrogens (primary N) is 1. The Morgan fingerprint density at radius 2 is 1.95 bits per heavy atom. The third-order valence-electron chi connectivity index (χ3n) is 6.69. The number of hydrogen-bond acceptors (Lipinski definition) is 8. The number of likely N-dealkylation sites (tertiary alicyclic amines) is 1. The molecule has 1 aliphatic heterocycles. The quantitative estimate of drug-likeness (QED) is 0.339. The lowest BCUT2D eigenvalue weighted by Gasteiger charge is -2.46. The molecule has 0 saturated carbocycles. The molecular formula is C30H32F3N7O3. The van der Waals surface area contributed by atoms with Gasteiger partial charge in [-0.25, -0.2) is 14.3 Å². The first kappa shape index (κ1) is 31.2. The van der Waals surface area contributed by atoms with E-state index in [-0.39, 0.29) is 25.9 Å².